The van der Waals surface area contributed by atoms with Gasteiger partial charge in [-0.2, -0.15) is 0 Å². The number of hydrogen-bond acceptors (Lipinski definition) is 3. The lowest BCUT2D eigenvalue weighted by Crippen LogP contribution is -2.54. The highest BCUT2D eigenvalue weighted by Crippen LogP contribution is 2.26. The lowest BCUT2D eigenvalue weighted by Gasteiger charge is -2.37. The lowest BCUT2D eigenvalue weighted by atomic mass is 10.1. The van der Waals surface area contributed by atoms with Crippen LogP contribution in [0.2, 0.25) is 5.02 Å². The van der Waals surface area contributed by atoms with Crippen molar-refractivity contribution in [2.75, 3.05) is 37.7 Å². The van der Waals surface area contributed by atoms with Gasteiger partial charge in [-0.25, -0.2) is 4.79 Å². The molecule has 6 heteroatoms. The Balaban J connectivity index is 1.50. The van der Waals surface area contributed by atoms with E-state index in [-0.39, 0.29) is 18.2 Å². The molecule has 2 heterocycles. The summed E-state index contributed by atoms with van der Waals surface area (Å²) in [6, 6.07) is 7.92. The molecule has 2 amide bonds. The molecule has 3 rings (SSSR count). The van der Waals surface area contributed by atoms with E-state index in [1.54, 1.807) is 0 Å². The molecule has 0 aromatic heterocycles. The monoisotopic (exact) mass is 337 g/mol. The number of rotatable bonds is 3. The second-order valence-electron chi connectivity index (χ2n) is 6.22. The smallest absolute Gasteiger partial charge is 0.317 e. The molecular formula is C17H24ClN3O2. The highest BCUT2D eigenvalue weighted by atomic mass is 35.5. The minimum absolute atomic E-state index is 0.00630. The molecule has 0 spiro atoms. The van der Waals surface area contributed by atoms with Gasteiger partial charge in [-0.05, 0) is 31.9 Å². The summed E-state index contributed by atoms with van der Waals surface area (Å²) in [7, 11) is 0. The number of anilines is 1. The van der Waals surface area contributed by atoms with E-state index in [1.807, 2.05) is 36.1 Å². The van der Waals surface area contributed by atoms with Crippen molar-refractivity contribution in [3.8, 4) is 0 Å². The predicted octanol–water partition coefficient (Wildman–Crippen LogP) is 2.74. The average molecular weight is 338 g/mol. The molecule has 1 N–H and O–H groups in total. The second kappa shape index (κ2) is 7.41. The zero-order valence-corrected chi connectivity index (χ0v) is 14.3. The molecule has 0 radical (unpaired) electrons. The summed E-state index contributed by atoms with van der Waals surface area (Å²) in [5, 5.41) is 3.84. The molecule has 2 atom stereocenters. The van der Waals surface area contributed by atoms with Crippen LogP contribution in [0.3, 0.4) is 0 Å². The summed E-state index contributed by atoms with van der Waals surface area (Å²) in [6.45, 7) is 5.83. The van der Waals surface area contributed by atoms with Crippen molar-refractivity contribution in [1.29, 1.82) is 0 Å². The number of para-hydroxylation sites is 1. The Morgan fingerprint density at radius 2 is 2.04 bits per heavy atom. The van der Waals surface area contributed by atoms with Crippen molar-refractivity contribution in [2.45, 2.75) is 31.9 Å². The Kier molecular flexibility index (Phi) is 5.28. The molecule has 0 aliphatic carbocycles. The fraction of sp³-hybridized carbons (Fsp3) is 0.588. The molecule has 2 aliphatic heterocycles. The van der Waals surface area contributed by atoms with E-state index in [0.29, 0.717) is 13.1 Å². The fourth-order valence-electron chi connectivity index (χ4n) is 3.23. The van der Waals surface area contributed by atoms with Crippen LogP contribution in [0.1, 0.15) is 19.8 Å². The summed E-state index contributed by atoms with van der Waals surface area (Å²) < 4.78 is 5.63. The normalized spacial score (nSPS) is 23.0. The Labute approximate surface area is 142 Å². The maximum atomic E-state index is 12.4. The van der Waals surface area contributed by atoms with Crippen molar-refractivity contribution in [3.63, 3.8) is 0 Å². The number of nitrogens with one attached hydrogen (secondary N) is 1. The molecule has 0 bridgehead atoms. The van der Waals surface area contributed by atoms with Gasteiger partial charge in [-0.1, -0.05) is 23.7 Å². The zero-order valence-electron chi connectivity index (χ0n) is 13.5. The predicted molar refractivity (Wildman–Crippen MR) is 92.2 cm³/mol. The molecule has 2 fully saturated rings. The first-order valence-corrected chi connectivity index (χ1v) is 8.69. The second-order valence-corrected chi connectivity index (χ2v) is 6.62. The summed E-state index contributed by atoms with van der Waals surface area (Å²) >= 11 is 6.25. The van der Waals surface area contributed by atoms with Crippen LogP contribution < -0.4 is 10.2 Å². The van der Waals surface area contributed by atoms with Crippen LogP contribution in [0.25, 0.3) is 0 Å². The summed E-state index contributed by atoms with van der Waals surface area (Å²) in [5.41, 5.74) is 1.04. The summed E-state index contributed by atoms with van der Waals surface area (Å²) in [5.74, 6) is 0. The number of carbonyl (C=O) groups excluding carboxylic acids is 1. The van der Waals surface area contributed by atoms with Crippen LogP contribution in [-0.2, 0) is 4.74 Å². The lowest BCUT2D eigenvalue weighted by molar-refractivity contribution is 0.0831. The highest BCUT2D eigenvalue weighted by Gasteiger charge is 2.27. The maximum absolute atomic E-state index is 12.4. The number of carbonyl (C=O) groups is 1. The fourth-order valence-corrected chi connectivity index (χ4v) is 3.49. The van der Waals surface area contributed by atoms with Crippen LogP contribution in [0, 0.1) is 0 Å². The van der Waals surface area contributed by atoms with E-state index < -0.39 is 0 Å². The van der Waals surface area contributed by atoms with E-state index in [4.69, 9.17) is 16.3 Å². The zero-order chi connectivity index (χ0) is 16.2. The number of urea groups is 1. The van der Waals surface area contributed by atoms with Gasteiger partial charge in [0.2, 0.25) is 0 Å². The van der Waals surface area contributed by atoms with E-state index in [1.165, 1.54) is 0 Å². The summed E-state index contributed by atoms with van der Waals surface area (Å²) in [6.07, 6.45) is 2.27. The van der Waals surface area contributed by atoms with E-state index in [0.717, 1.165) is 43.2 Å². The molecule has 2 saturated heterocycles. The van der Waals surface area contributed by atoms with Crippen molar-refractivity contribution in [2.24, 2.45) is 0 Å². The van der Waals surface area contributed by atoms with E-state index in [9.17, 15) is 4.79 Å². The molecule has 0 unspecified atom stereocenters. The average Bonchev–Trinajstić information content (AvgIpc) is 3.10. The summed E-state index contributed by atoms with van der Waals surface area (Å²) in [4.78, 5) is 16.5. The Hall–Kier alpha value is -1.46. The quantitative estimate of drug-likeness (QED) is 0.922. The topological polar surface area (TPSA) is 44.8 Å². The van der Waals surface area contributed by atoms with Crippen molar-refractivity contribution in [1.82, 2.24) is 10.2 Å². The van der Waals surface area contributed by atoms with Crippen LogP contribution in [0.15, 0.2) is 24.3 Å². The first-order valence-electron chi connectivity index (χ1n) is 8.31. The first-order chi connectivity index (χ1) is 11.1. The third-order valence-electron chi connectivity index (χ3n) is 4.63. The van der Waals surface area contributed by atoms with Crippen LogP contribution in [-0.4, -0.2) is 55.9 Å². The molecule has 0 saturated carbocycles. The number of amides is 2. The van der Waals surface area contributed by atoms with Gasteiger partial charge in [-0.15, -0.1) is 0 Å². The molecule has 2 aliphatic rings. The first kappa shape index (κ1) is 16.4. The Morgan fingerprint density at radius 1 is 1.30 bits per heavy atom. The molecule has 5 nitrogen and oxygen atoms in total. The van der Waals surface area contributed by atoms with Gasteiger partial charge < -0.3 is 19.9 Å². The van der Waals surface area contributed by atoms with Gasteiger partial charge >= 0.3 is 6.03 Å². The number of nitrogens with zero attached hydrogens (tertiary/aromatic N) is 2. The van der Waals surface area contributed by atoms with Gasteiger partial charge in [0.25, 0.3) is 0 Å². The minimum atomic E-state index is 0.00630. The third kappa shape index (κ3) is 3.90. The number of halogens is 1. The van der Waals surface area contributed by atoms with Gasteiger partial charge in [-0.3, -0.25) is 0 Å². The SMILES string of the molecule is C[C@@H](NC(=O)N1CCN(c2ccccc2Cl)CC1)[C@@H]1CCCO1. The Morgan fingerprint density at radius 3 is 2.70 bits per heavy atom. The van der Waals surface area contributed by atoms with Crippen molar-refractivity contribution >= 4 is 23.3 Å². The highest BCUT2D eigenvalue weighted by molar-refractivity contribution is 6.33. The van der Waals surface area contributed by atoms with Crippen LogP contribution >= 0.6 is 11.6 Å². The van der Waals surface area contributed by atoms with Crippen molar-refractivity contribution < 1.29 is 9.53 Å². The van der Waals surface area contributed by atoms with Gasteiger partial charge in [0.05, 0.1) is 22.9 Å². The number of hydrogen-bond donors (Lipinski definition) is 1. The third-order valence-corrected chi connectivity index (χ3v) is 4.95. The van der Waals surface area contributed by atoms with E-state index in [2.05, 4.69) is 10.2 Å². The van der Waals surface area contributed by atoms with Gasteiger partial charge in [0.1, 0.15) is 0 Å². The number of benzene rings is 1. The molecule has 126 valence electrons. The van der Waals surface area contributed by atoms with Gasteiger partial charge in [0, 0.05) is 32.8 Å². The Bertz CT molecular complexity index is 540. The molecule has 23 heavy (non-hydrogen) atoms. The maximum Gasteiger partial charge on any atom is 0.317 e. The van der Waals surface area contributed by atoms with Gasteiger partial charge in [0.15, 0.2) is 0 Å². The van der Waals surface area contributed by atoms with Crippen LogP contribution in [0.4, 0.5) is 10.5 Å². The minimum Gasteiger partial charge on any atom is -0.376 e. The van der Waals surface area contributed by atoms with E-state index >= 15 is 0 Å². The number of piperazine rings is 1. The van der Waals surface area contributed by atoms with Crippen LogP contribution in [0.5, 0.6) is 0 Å². The molecule has 1 aromatic rings. The van der Waals surface area contributed by atoms with Crippen molar-refractivity contribution in [3.05, 3.63) is 29.3 Å². The molecular weight excluding hydrogens is 314 g/mol. The number of ether oxygens (including phenoxy) is 1. The standard InChI is InChI=1S/C17H24ClN3O2/c1-13(16-7-4-12-23-16)19-17(22)21-10-8-20(9-11-21)15-6-3-2-5-14(15)18/h2-3,5-6,13,16H,4,7-12H2,1H3,(H,19,22)/t13-,16+/m1/s1. The largest absolute Gasteiger partial charge is 0.376 e. The molecule has 1 aromatic carbocycles.